The van der Waals surface area contributed by atoms with E-state index in [1.807, 2.05) is 6.92 Å². The minimum absolute atomic E-state index is 0.00931. The number of carbonyl (C=O) groups is 1. The molecule has 0 aromatic rings. The van der Waals surface area contributed by atoms with Crippen LogP contribution in [0.15, 0.2) is 15.6 Å². The highest BCUT2D eigenvalue weighted by atomic mass is 32.2. The highest BCUT2D eigenvalue weighted by Crippen LogP contribution is 2.37. The average Bonchev–Trinajstić information content (AvgIpc) is 3.27. The number of fused-ring (bicyclic) bond motifs is 1. The minimum atomic E-state index is -0.998. The second-order valence-corrected chi connectivity index (χ2v) is 8.30. The average molecular weight is 366 g/mol. The van der Waals surface area contributed by atoms with E-state index < -0.39 is 5.60 Å². The van der Waals surface area contributed by atoms with Gasteiger partial charge < -0.3 is 24.5 Å². The Morgan fingerprint density at radius 1 is 1.32 bits per heavy atom. The van der Waals surface area contributed by atoms with Crippen LogP contribution in [0, 0.1) is 0 Å². The molecule has 2 fully saturated rings. The molecule has 4 rings (SSSR count). The molecule has 1 atom stereocenters. The first-order chi connectivity index (χ1) is 12.1. The Bertz CT molecular complexity index is 617. The van der Waals surface area contributed by atoms with Crippen molar-refractivity contribution in [3.63, 3.8) is 0 Å². The molecule has 0 bridgehead atoms. The van der Waals surface area contributed by atoms with Gasteiger partial charge in [-0.1, -0.05) is 0 Å². The Balaban J connectivity index is 1.48. The molecule has 2 saturated heterocycles. The van der Waals surface area contributed by atoms with Gasteiger partial charge >= 0.3 is 0 Å². The molecular formula is C17H26N4O3S. The van der Waals surface area contributed by atoms with Gasteiger partial charge in [0.15, 0.2) is 5.17 Å². The number of likely N-dealkylation sites (tertiary alicyclic amines) is 1. The maximum absolute atomic E-state index is 13.1. The zero-order valence-electron chi connectivity index (χ0n) is 14.7. The first kappa shape index (κ1) is 17.3. The summed E-state index contributed by atoms with van der Waals surface area (Å²) < 4.78 is 5.64. The van der Waals surface area contributed by atoms with Gasteiger partial charge in [-0.2, -0.15) is 0 Å². The Morgan fingerprint density at radius 2 is 2.12 bits per heavy atom. The van der Waals surface area contributed by atoms with Crippen LogP contribution >= 0.6 is 11.8 Å². The van der Waals surface area contributed by atoms with Crippen LogP contribution in [0.5, 0.6) is 0 Å². The molecule has 25 heavy (non-hydrogen) atoms. The number of thioether (sulfide) groups is 1. The molecule has 0 spiro atoms. The lowest BCUT2D eigenvalue weighted by atomic mass is 10.0. The number of aliphatic hydroxyl groups is 1. The molecule has 7 nitrogen and oxygen atoms in total. The third-order valence-corrected chi connectivity index (χ3v) is 6.49. The molecular weight excluding hydrogens is 340 g/mol. The SMILES string of the molecule is CC1=C(C(=O)N2CCOC[C@@](O)(CN3CCCC3)C2)SC2=NCCN21. The minimum Gasteiger partial charge on any atom is -0.384 e. The van der Waals surface area contributed by atoms with Gasteiger partial charge in [0.1, 0.15) is 5.60 Å². The van der Waals surface area contributed by atoms with Crippen LogP contribution in [0.25, 0.3) is 0 Å². The van der Waals surface area contributed by atoms with Crippen molar-refractivity contribution in [1.82, 2.24) is 14.7 Å². The van der Waals surface area contributed by atoms with E-state index in [1.165, 1.54) is 24.6 Å². The van der Waals surface area contributed by atoms with Crippen LogP contribution in [0.4, 0.5) is 0 Å². The zero-order valence-corrected chi connectivity index (χ0v) is 15.6. The summed E-state index contributed by atoms with van der Waals surface area (Å²) in [6.45, 7) is 7.85. The predicted octanol–water partition coefficient (Wildman–Crippen LogP) is 0.322. The first-order valence-corrected chi connectivity index (χ1v) is 9.90. The fraction of sp³-hybridized carbons (Fsp3) is 0.765. The van der Waals surface area contributed by atoms with Crippen molar-refractivity contribution < 1.29 is 14.6 Å². The number of ether oxygens (including phenoxy) is 1. The lowest BCUT2D eigenvalue weighted by Crippen LogP contribution is -2.53. The molecule has 0 radical (unpaired) electrons. The summed E-state index contributed by atoms with van der Waals surface area (Å²) >= 11 is 1.46. The van der Waals surface area contributed by atoms with Crippen LogP contribution in [0.2, 0.25) is 0 Å². The zero-order chi connectivity index (χ0) is 17.4. The number of amides is 1. The normalized spacial score (nSPS) is 30.7. The summed E-state index contributed by atoms with van der Waals surface area (Å²) in [5.74, 6) is -0.00931. The number of amidine groups is 1. The molecule has 138 valence electrons. The van der Waals surface area contributed by atoms with E-state index in [2.05, 4.69) is 14.8 Å². The number of rotatable bonds is 3. The standard InChI is InChI=1S/C17H26N4O3S/c1-13-14(25-16-18-4-7-21(13)16)15(22)20-8-9-24-12-17(23,11-20)10-19-5-2-3-6-19/h23H,2-12H2,1H3/t17-/m1/s1. The lowest BCUT2D eigenvalue weighted by Gasteiger charge is -2.34. The number of hydrogen-bond acceptors (Lipinski definition) is 7. The van der Waals surface area contributed by atoms with Crippen molar-refractivity contribution in [3.8, 4) is 0 Å². The Morgan fingerprint density at radius 3 is 2.88 bits per heavy atom. The maximum atomic E-state index is 13.1. The topological polar surface area (TPSA) is 68.6 Å². The summed E-state index contributed by atoms with van der Waals surface area (Å²) in [6.07, 6.45) is 2.36. The van der Waals surface area contributed by atoms with Gasteiger partial charge in [0.2, 0.25) is 0 Å². The maximum Gasteiger partial charge on any atom is 0.262 e. The number of aliphatic imine (C=N–C) groups is 1. The van der Waals surface area contributed by atoms with E-state index in [-0.39, 0.29) is 12.5 Å². The number of carbonyl (C=O) groups excluding carboxylic acids is 1. The smallest absolute Gasteiger partial charge is 0.262 e. The van der Waals surface area contributed by atoms with Gasteiger partial charge in [-0.15, -0.1) is 0 Å². The Labute approximate surface area is 152 Å². The van der Waals surface area contributed by atoms with E-state index >= 15 is 0 Å². The van der Waals surface area contributed by atoms with Gasteiger partial charge in [0, 0.05) is 25.3 Å². The van der Waals surface area contributed by atoms with E-state index in [4.69, 9.17) is 4.74 Å². The van der Waals surface area contributed by atoms with E-state index in [9.17, 15) is 9.90 Å². The number of nitrogens with zero attached hydrogens (tertiary/aromatic N) is 4. The molecule has 1 amide bonds. The largest absolute Gasteiger partial charge is 0.384 e. The van der Waals surface area contributed by atoms with Crippen molar-refractivity contribution in [2.75, 3.05) is 59.0 Å². The summed E-state index contributed by atoms with van der Waals surface area (Å²) in [5.41, 5.74) is -0.0125. The van der Waals surface area contributed by atoms with E-state index in [0.717, 1.165) is 41.9 Å². The van der Waals surface area contributed by atoms with E-state index in [1.54, 1.807) is 4.90 Å². The van der Waals surface area contributed by atoms with Gasteiger partial charge in [-0.25, -0.2) is 0 Å². The molecule has 4 aliphatic heterocycles. The molecule has 4 aliphatic rings. The highest BCUT2D eigenvalue weighted by molar-refractivity contribution is 8.18. The Kier molecular flexibility index (Phi) is 4.79. The van der Waals surface area contributed by atoms with Gasteiger partial charge in [0.05, 0.1) is 31.2 Å². The van der Waals surface area contributed by atoms with Crippen molar-refractivity contribution >= 4 is 22.8 Å². The summed E-state index contributed by atoms with van der Waals surface area (Å²) in [5, 5.41) is 12.0. The molecule has 0 aliphatic carbocycles. The molecule has 0 unspecified atom stereocenters. The van der Waals surface area contributed by atoms with Crippen molar-refractivity contribution in [2.45, 2.75) is 25.4 Å². The fourth-order valence-corrected chi connectivity index (χ4v) is 5.15. The van der Waals surface area contributed by atoms with Crippen LogP contribution < -0.4 is 0 Å². The number of β-amino-alcohol motifs (C(OH)–C–C–N with tert-alkyl or cyclic N) is 1. The van der Waals surface area contributed by atoms with Crippen LogP contribution in [0.3, 0.4) is 0 Å². The second kappa shape index (κ2) is 6.90. The summed E-state index contributed by atoms with van der Waals surface area (Å²) in [6, 6.07) is 0. The molecule has 8 heteroatoms. The van der Waals surface area contributed by atoms with Crippen molar-refractivity contribution in [3.05, 3.63) is 10.6 Å². The van der Waals surface area contributed by atoms with Gasteiger partial charge in [-0.3, -0.25) is 9.79 Å². The van der Waals surface area contributed by atoms with Crippen LogP contribution in [-0.4, -0.2) is 95.5 Å². The third-order valence-electron chi connectivity index (χ3n) is 5.29. The summed E-state index contributed by atoms with van der Waals surface area (Å²) in [4.78, 5) is 24.4. The fourth-order valence-electron chi connectivity index (χ4n) is 4.00. The lowest BCUT2D eigenvalue weighted by molar-refractivity contribution is -0.129. The van der Waals surface area contributed by atoms with Crippen LogP contribution in [0.1, 0.15) is 19.8 Å². The second-order valence-electron chi connectivity index (χ2n) is 7.32. The highest BCUT2D eigenvalue weighted by Gasteiger charge is 2.40. The van der Waals surface area contributed by atoms with Crippen LogP contribution in [-0.2, 0) is 9.53 Å². The third kappa shape index (κ3) is 3.45. The quantitative estimate of drug-likeness (QED) is 0.776. The number of hydrogen-bond donors (Lipinski definition) is 1. The predicted molar refractivity (Wildman–Crippen MR) is 97.3 cm³/mol. The van der Waals surface area contributed by atoms with Crippen molar-refractivity contribution in [1.29, 1.82) is 0 Å². The van der Waals surface area contributed by atoms with Crippen molar-refractivity contribution in [2.24, 2.45) is 4.99 Å². The van der Waals surface area contributed by atoms with Gasteiger partial charge in [-0.05, 0) is 44.6 Å². The monoisotopic (exact) mass is 366 g/mol. The molecule has 0 aromatic heterocycles. The molecule has 1 N–H and O–H groups in total. The molecule has 0 saturated carbocycles. The number of allylic oxidation sites excluding steroid dienone is 1. The molecule has 0 aromatic carbocycles. The summed E-state index contributed by atoms with van der Waals surface area (Å²) in [7, 11) is 0. The first-order valence-electron chi connectivity index (χ1n) is 9.08. The van der Waals surface area contributed by atoms with Gasteiger partial charge in [0.25, 0.3) is 5.91 Å². The Hall–Kier alpha value is -1.09. The molecule has 4 heterocycles. The van der Waals surface area contributed by atoms with E-state index in [0.29, 0.717) is 26.2 Å².